The van der Waals surface area contributed by atoms with Crippen LogP contribution in [0.2, 0.25) is 0 Å². The van der Waals surface area contributed by atoms with Crippen molar-refractivity contribution in [3.8, 4) is 0 Å². The van der Waals surface area contributed by atoms with Crippen LogP contribution < -0.4 is 0 Å². The van der Waals surface area contributed by atoms with Crippen LogP contribution in [0.25, 0.3) is 11.0 Å². The smallest absolute Gasteiger partial charge is 0.337 e. The summed E-state index contributed by atoms with van der Waals surface area (Å²) in [5.41, 5.74) is 1.82. The molecule has 0 spiro atoms. The molecule has 106 valence electrons. The number of nitrogens with zero attached hydrogens (tertiary/aromatic N) is 2. The van der Waals surface area contributed by atoms with Crippen LogP contribution in [-0.4, -0.2) is 20.6 Å². The summed E-state index contributed by atoms with van der Waals surface area (Å²) < 4.78 is 15.6. The Kier molecular flexibility index (Phi) is 3.17. The molecule has 2 aromatic carbocycles. The van der Waals surface area contributed by atoms with E-state index in [9.17, 15) is 14.3 Å². The number of carbonyl (C=O) groups is 1. The first-order valence-electron chi connectivity index (χ1n) is 6.50. The third kappa shape index (κ3) is 2.27. The van der Waals surface area contributed by atoms with E-state index in [1.54, 1.807) is 37.3 Å². The average Bonchev–Trinajstić information content (AvgIpc) is 2.77. The number of aryl methyl sites for hydroxylation is 1. The Morgan fingerprint density at radius 3 is 2.71 bits per heavy atom. The summed E-state index contributed by atoms with van der Waals surface area (Å²) in [5, 5.41) is 9.21. The lowest BCUT2D eigenvalue weighted by Crippen LogP contribution is -2.04. The van der Waals surface area contributed by atoms with E-state index in [2.05, 4.69) is 4.98 Å². The molecule has 5 heteroatoms. The fraction of sp³-hybridized carbons (Fsp3) is 0.125. The van der Waals surface area contributed by atoms with Gasteiger partial charge < -0.3 is 9.67 Å². The maximum absolute atomic E-state index is 13.8. The number of fused-ring (bicyclic) bond motifs is 1. The van der Waals surface area contributed by atoms with Crippen LogP contribution in [-0.2, 0) is 6.54 Å². The molecule has 0 bridgehead atoms. The van der Waals surface area contributed by atoms with Crippen molar-refractivity contribution in [1.82, 2.24) is 9.55 Å². The molecular weight excluding hydrogens is 271 g/mol. The Hall–Kier alpha value is -2.69. The summed E-state index contributed by atoms with van der Waals surface area (Å²) in [4.78, 5) is 15.6. The van der Waals surface area contributed by atoms with Gasteiger partial charge in [-0.25, -0.2) is 14.2 Å². The maximum atomic E-state index is 13.8. The predicted octanol–water partition coefficient (Wildman–Crippen LogP) is 3.23. The summed E-state index contributed by atoms with van der Waals surface area (Å²) in [5.74, 6) is -0.647. The molecule has 0 radical (unpaired) electrons. The van der Waals surface area contributed by atoms with E-state index in [1.807, 2.05) is 4.57 Å². The fourth-order valence-corrected chi connectivity index (χ4v) is 2.43. The van der Waals surface area contributed by atoms with Crippen molar-refractivity contribution in [3.63, 3.8) is 0 Å². The van der Waals surface area contributed by atoms with Gasteiger partial charge in [0.15, 0.2) is 0 Å². The van der Waals surface area contributed by atoms with Crippen LogP contribution >= 0.6 is 0 Å². The zero-order valence-corrected chi connectivity index (χ0v) is 11.4. The first kappa shape index (κ1) is 13.3. The number of carboxylic acid groups (broad SMARTS) is 1. The minimum Gasteiger partial charge on any atom is -0.478 e. The summed E-state index contributed by atoms with van der Waals surface area (Å²) in [6.07, 6.45) is 0. The Morgan fingerprint density at radius 1 is 1.24 bits per heavy atom. The molecule has 4 nitrogen and oxygen atoms in total. The predicted molar refractivity (Wildman–Crippen MR) is 76.9 cm³/mol. The molecule has 0 aliphatic heterocycles. The number of rotatable bonds is 3. The molecule has 0 aliphatic carbocycles. The SMILES string of the molecule is Cc1nc2c(C(=O)O)cccc2n1Cc1ccccc1F. The second kappa shape index (κ2) is 5.01. The molecule has 0 fully saturated rings. The molecule has 0 atom stereocenters. The van der Waals surface area contributed by atoms with Crippen molar-refractivity contribution in [1.29, 1.82) is 0 Å². The van der Waals surface area contributed by atoms with Crippen LogP contribution in [0.3, 0.4) is 0 Å². The number of halogens is 1. The van der Waals surface area contributed by atoms with E-state index in [4.69, 9.17) is 0 Å². The monoisotopic (exact) mass is 284 g/mol. The highest BCUT2D eigenvalue weighted by Crippen LogP contribution is 2.22. The lowest BCUT2D eigenvalue weighted by atomic mass is 10.1. The fourth-order valence-electron chi connectivity index (χ4n) is 2.43. The van der Waals surface area contributed by atoms with Crippen LogP contribution in [0.1, 0.15) is 21.7 Å². The van der Waals surface area contributed by atoms with E-state index < -0.39 is 5.97 Å². The molecule has 3 rings (SSSR count). The summed E-state index contributed by atoms with van der Waals surface area (Å²) in [7, 11) is 0. The molecule has 1 N–H and O–H groups in total. The minimum absolute atomic E-state index is 0.155. The largest absolute Gasteiger partial charge is 0.478 e. The molecule has 21 heavy (non-hydrogen) atoms. The van der Waals surface area contributed by atoms with E-state index in [0.29, 0.717) is 29.0 Å². The number of benzene rings is 2. The first-order valence-corrected chi connectivity index (χ1v) is 6.50. The number of imidazole rings is 1. The van der Waals surface area contributed by atoms with Crippen LogP contribution in [0.15, 0.2) is 42.5 Å². The van der Waals surface area contributed by atoms with Crippen LogP contribution in [0.4, 0.5) is 4.39 Å². The van der Waals surface area contributed by atoms with E-state index >= 15 is 0 Å². The van der Waals surface area contributed by atoms with E-state index in [-0.39, 0.29) is 11.4 Å². The van der Waals surface area contributed by atoms with E-state index in [1.165, 1.54) is 12.1 Å². The maximum Gasteiger partial charge on any atom is 0.337 e. The Balaban J connectivity index is 2.16. The van der Waals surface area contributed by atoms with Gasteiger partial charge in [0.25, 0.3) is 0 Å². The van der Waals surface area contributed by atoms with Gasteiger partial charge in [-0.05, 0) is 25.1 Å². The molecule has 0 aliphatic rings. The highest BCUT2D eigenvalue weighted by atomic mass is 19.1. The topological polar surface area (TPSA) is 55.1 Å². The van der Waals surface area contributed by atoms with Gasteiger partial charge in [0, 0.05) is 5.56 Å². The van der Waals surface area contributed by atoms with Gasteiger partial charge in [-0.15, -0.1) is 0 Å². The van der Waals surface area contributed by atoms with Crippen molar-refractivity contribution < 1.29 is 14.3 Å². The molecule has 0 saturated carbocycles. The number of para-hydroxylation sites is 1. The van der Waals surface area contributed by atoms with Gasteiger partial charge >= 0.3 is 5.97 Å². The van der Waals surface area contributed by atoms with Gasteiger partial charge in [-0.3, -0.25) is 0 Å². The van der Waals surface area contributed by atoms with Crippen molar-refractivity contribution in [2.45, 2.75) is 13.5 Å². The van der Waals surface area contributed by atoms with Crippen molar-refractivity contribution >= 4 is 17.0 Å². The molecule has 0 saturated heterocycles. The van der Waals surface area contributed by atoms with Crippen molar-refractivity contribution in [2.75, 3.05) is 0 Å². The number of carboxylic acids is 1. The number of aromatic carboxylic acids is 1. The average molecular weight is 284 g/mol. The molecule has 1 aromatic heterocycles. The molecule has 3 aromatic rings. The number of hydrogen-bond acceptors (Lipinski definition) is 2. The van der Waals surface area contributed by atoms with Gasteiger partial charge in [0.1, 0.15) is 17.2 Å². The number of aromatic nitrogens is 2. The molecular formula is C16H13FN2O2. The zero-order chi connectivity index (χ0) is 15.0. The normalized spacial score (nSPS) is 11.0. The summed E-state index contributed by atoms with van der Waals surface area (Å²) in [6.45, 7) is 2.10. The minimum atomic E-state index is -1.02. The van der Waals surface area contributed by atoms with Gasteiger partial charge in [0.05, 0.1) is 17.6 Å². The second-order valence-electron chi connectivity index (χ2n) is 4.82. The molecule has 0 amide bonds. The first-order chi connectivity index (χ1) is 10.1. The highest BCUT2D eigenvalue weighted by molar-refractivity contribution is 6.01. The zero-order valence-electron chi connectivity index (χ0n) is 11.4. The Bertz CT molecular complexity index is 839. The Morgan fingerprint density at radius 2 is 2.00 bits per heavy atom. The Labute approximate surface area is 120 Å². The third-order valence-electron chi connectivity index (χ3n) is 3.49. The quantitative estimate of drug-likeness (QED) is 0.803. The molecule has 0 unspecified atom stereocenters. The molecule has 1 heterocycles. The summed E-state index contributed by atoms with van der Waals surface area (Å²) >= 11 is 0. The standard InChI is InChI=1S/C16H13FN2O2/c1-10-18-15-12(16(20)21)6-4-8-14(15)19(10)9-11-5-2-3-7-13(11)17/h2-8H,9H2,1H3,(H,20,21). The van der Waals surface area contributed by atoms with Crippen LogP contribution in [0.5, 0.6) is 0 Å². The van der Waals surface area contributed by atoms with Crippen molar-refractivity contribution in [3.05, 3.63) is 65.2 Å². The summed E-state index contributed by atoms with van der Waals surface area (Å²) in [6, 6.07) is 11.5. The van der Waals surface area contributed by atoms with Gasteiger partial charge in [-0.2, -0.15) is 0 Å². The second-order valence-corrected chi connectivity index (χ2v) is 4.82. The lowest BCUT2D eigenvalue weighted by Gasteiger charge is -2.08. The van der Waals surface area contributed by atoms with E-state index in [0.717, 1.165) is 0 Å². The third-order valence-corrected chi connectivity index (χ3v) is 3.49. The van der Waals surface area contributed by atoms with Crippen LogP contribution in [0, 0.1) is 12.7 Å². The van der Waals surface area contributed by atoms with Gasteiger partial charge in [0.2, 0.25) is 0 Å². The lowest BCUT2D eigenvalue weighted by molar-refractivity contribution is 0.0699. The number of hydrogen-bond donors (Lipinski definition) is 1. The van der Waals surface area contributed by atoms with Crippen molar-refractivity contribution in [2.24, 2.45) is 0 Å². The van der Waals surface area contributed by atoms with Gasteiger partial charge in [-0.1, -0.05) is 24.3 Å². The highest BCUT2D eigenvalue weighted by Gasteiger charge is 2.15.